The zero-order valence-corrected chi connectivity index (χ0v) is 44.8. The van der Waals surface area contributed by atoms with Crippen molar-refractivity contribution >= 4 is 5.91 Å². The van der Waals surface area contributed by atoms with E-state index in [-0.39, 0.29) is 18.9 Å². The Bertz CT molecular complexity index is 1130. The first-order valence-electron chi connectivity index (χ1n) is 29.6. The highest BCUT2D eigenvalue weighted by Gasteiger charge is 2.20. The zero-order chi connectivity index (χ0) is 48.6. The van der Waals surface area contributed by atoms with Gasteiger partial charge >= 0.3 is 0 Å². The lowest BCUT2D eigenvalue weighted by molar-refractivity contribution is -0.124. The molecule has 0 radical (unpaired) electrons. The van der Waals surface area contributed by atoms with Gasteiger partial charge in [0, 0.05) is 0 Å². The van der Waals surface area contributed by atoms with E-state index in [0.29, 0.717) is 6.42 Å². The van der Waals surface area contributed by atoms with Crippen molar-refractivity contribution in [2.75, 3.05) is 6.61 Å². The van der Waals surface area contributed by atoms with E-state index in [4.69, 9.17) is 0 Å². The summed E-state index contributed by atoms with van der Waals surface area (Å²) in [7, 11) is 0. The average Bonchev–Trinajstić information content (AvgIpc) is 3.32. The molecule has 0 aliphatic heterocycles. The van der Waals surface area contributed by atoms with Gasteiger partial charge in [0.1, 0.15) is 0 Å². The number of carbonyl (C=O) groups is 1. The minimum absolute atomic E-state index is 0.000753. The van der Waals surface area contributed by atoms with E-state index in [9.17, 15) is 20.1 Å². The Morgan fingerprint density at radius 2 is 0.687 bits per heavy atom. The Morgan fingerprint density at radius 3 is 1.04 bits per heavy atom. The zero-order valence-electron chi connectivity index (χ0n) is 44.8. The van der Waals surface area contributed by atoms with Crippen molar-refractivity contribution in [2.45, 2.75) is 321 Å². The highest BCUT2D eigenvalue weighted by Crippen LogP contribution is 2.17. The average molecular weight is 939 g/mol. The number of hydrogen-bond acceptors (Lipinski definition) is 4. The van der Waals surface area contributed by atoms with Gasteiger partial charge in [0.15, 0.2) is 0 Å². The lowest BCUT2D eigenvalue weighted by atomic mass is 10.0. The summed E-state index contributed by atoms with van der Waals surface area (Å²) in [5.41, 5.74) is 0. The Hall–Kier alpha value is -1.95. The lowest BCUT2D eigenvalue weighted by Gasteiger charge is -2.21. The van der Waals surface area contributed by atoms with Gasteiger partial charge < -0.3 is 20.6 Å². The fourth-order valence-corrected chi connectivity index (χ4v) is 8.99. The standard InChI is InChI=1S/C62H115NO4/c1-3-5-7-9-11-13-15-17-19-21-23-25-27-28-29-30-31-32-34-35-37-39-41-43-45-47-49-51-53-55-59(65)57-62(67)63-60(58-64)61(66)56-54-52-50-48-46-44-42-40-38-36-33-26-24-22-20-18-16-14-12-10-8-6-4-2/h23,25,28-29,38,40,46,48,54,56,59-61,64-66H,3-22,24,26-27,30-37,39,41-45,47,49-53,55,57-58H2,1-2H3,(H,63,67)/b25-23-,29-28-,40-38+,48-46+,56-54+. The molecule has 67 heavy (non-hydrogen) atoms. The second-order valence-electron chi connectivity index (χ2n) is 20.2. The molecule has 392 valence electrons. The highest BCUT2D eigenvalue weighted by atomic mass is 16.3. The predicted molar refractivity (Wildman–Crippen MR) is 296 cm³/mol. The molecule has 0 aromatic heterocycles. The molecular formula is C62H115NO4. The summed E-state index contributed by atoms with van der Waals surface area (Å²) in [6.07, 6.45) is 77.1. The molecule has 5 heteroatoms. The molecule has 0 aliphatic rings. The fraction of sp³-hybridized carbons (Fsp3) is 0.823. The van der Waals surface area contributed by atoms with Crippen molar-refractivity contribution in [3.05, 3.63) is 60.8 Å². The van der Waals surface area contributed by atoms with E-state index in [1.807, 2.05) is 6.08 Å². The quantitative estimate of drug-likeness (QED) is 0.0361. The van der Waals surface area contributed by atoms with Crippen LogP contribution in [0.1, 0.15) is 303 Å². The normalized spacial score (nSPS) is 13.7. The number of aliphatic hydroxyl groups is 3. The third-order valence-corrected chi connectivity index (χ3v) is 13.5. The second kappa shape index (κ2) is 56.6. The van der Waals surface area contributed by atoms with Gasteiger partial charge in [0.2, 0.25) is 5.91 Å². The second-order valence-corrected chi connectivity index (χ2v) is 20.2. The van der Waals surface area contributed by atoms with Gasteiger partial charge in [0.05, 0.1) is 31.3 Å². The van der Waals surface area contributed by atoms with Gasteiger partial charge in [-0.3, -0.25) is 4.79 Å². The SMILES string of the molecule is CCCCCCCCCCC/C=C\C/C=C\CCCCCCCCCCCCCCCC(O)CC(=O)NC(CO)C(O)/C=C/CC/C=C/CC/C=C/CCCCCCCCCCCCCCC. The minimum Gasteiger partial charge on any atom is -0.394 e. The van der Waals surface area contributed by atoms with Crippen LogP contribution in [0.4, 0.5) is 0 Å². The van der Waals surface area contributed by atoms with Crippen LogP contribution in [-0.4, -0.2) is 46.1 Å². The van der Waals surface area contributed by atoms with Gasteiger partial charge in [-0.05, 0) is 77.0 Å². The summed E-state index contributed by atoms with van der Waals surface area (Å²) in [4.78, 5) is 12.5. The van der Waals surface area contributed by atoms with Gasteiger partial charge in [-0.1, -0.05) is 280 Å². The van der Waals surface area contributed by atoms with E-state index >= 15 is 0 Å². The summed E-state index contributed by atoms with van der Waals surface area (Å²) in [5, 5.41) is 33.5. The summed E-state index contributed by atoms with van der Waals surface area (Å²) in [5.74, 6) is -0.328. The summed E-state index contributed by atoms with van der Waals surface area (Å²) in [6.45, 7) is 4.22. The van der Waals surface area contributed by atoms with E-state index in [2.05, 4.69) is 67.8 Å². The van der Waals surface area contributed by atoms with E-state index in [1.165, 1.54) is 231 Å². The maximum Gasteiger partial charge on any atom is 0.222 e. The molecule has 0 heterocycles. The maximum atomic E-state index is 12.5. The predicted octanol–water partition coefficient (Wildman–Crippen LogP) is 18.6. The van der Waals surface area contributed by atoms with Crippen molar-refractivity contribution < 1.29 is 20.1 Å². The molecule has 3 atom stereocenters. The van der Waals surface area contributed by atoms with Crippen molar-refractivity contribution in [3.8, 4) is 0 Å². The van der Waals surface area contributed by atoms with Crippen LogP contribution in [0.25, 0.3) is 0 Å². The molecule has 5 nitrogen and oxygen atoms in total. The van der Waals surface area contributed by atoms with Gasteiger partial charge in [-0.2, -0.15) is 0 Å². The topological polar surface area (TPSA) is 89.8 Å². The smallest absolute Gasteiger partial charge is 0.222 e. The molecule has 0 saturated heterocycles. The van der Waals surface area contributed by atoms with Gasteiger partial charge in [0.25, 0.3) is 0 Å². The third kappa shape index (κ3) is 53.3. The first-order valence-corrected chi connectivity index (χ1v) is 29.6. The monoisotopic (exact) mass is 938 g/mol. The number of allylic oxidation sites excluding steroid dienone is 9. The molecule has 3 unspecified atom stereocenters. The van der Waals surface area contributed by atoms with Crippen LogP contribution >= 0.6 is 0 Å². The van der Waals surface area contributed by atoms with Crippen LogP contribution in [0.15, 0.2) is 60.8 Å². The van der Waals surface area contributed by atoms with Gasteiger partial charge in [-0.15, -0.1) is 0 Å². The van der Waals surface area contributed by atoms with E-state index < -0.39 is 18.2 Å². The molecule has 0 fully saturated rings. The number of rotatable bonds is 54. The molecule has 0 aromatic rings. The van der Waals surface area contributed by atoms with Crippen LogP contribution in [0.5, 0.6) is 0 Å². The number of nitrogens with one attached hydrogen (secondary N) is 1. The lowest BCUT2D eigenvalue weighted by Crippen LogP contribution is -2.45. The van der Waals surface area contributed by atoms with Crippen molar-refractivity contribution in [1.29, 1.82) is 0 Å². The molecule has 0 spiro atoms. The van der Waals surface area contributed by atoms with Crippen molar-refractivity contribution in [1.82, 2.24) is 5.32 Å². The highest BCUT2D eigenvalue weighted by molar-refractivity contribution is 5.76. The van der Waals surface area contributed by atoms with Crippen LogP contribution in [0.2, 0.25) is 0 Å². The molecule has 0 rings (SSSR count). The maximum absolute atomic E-state index is 12.5. The number of aliphatic hydroxyl groups excluding tert-OH is 3. The number of amides is 1. The minimum atomic E-state index is -0.963. The van der Waals surface area contributed by atoms with Crippen molar-refractivity contribution in [3.63, 3.8) is 0 Å². The van der Waals surface area contributed by atoms with Crippen LogP contribution in [0, 0.1) is 0 Å². The Balaban J connectivity index is 3.62. The Labute approximate surface area is 418 Å². The Kier molecular flexibility index (Phi) is 55.0. The largest absolute Gasteiger partial charge is 0.394 e. The molecular weight excluding hydrogens is 823 g/mol. The molecule has 0 aromatic carbocycles. The molecule has 0 saturated carbocycles. The number of carbonyl (C=O) groups excluding carboxylic acids is 1. The van der Waals surface area contributed by atoms with E-state index in [0.717, 1.165) is 44.9 Å². The summed E-state index contributed by atoms with van der Waals surface area (Å²) in [6, 6.07) is -0.771. The molecule has 4 N–H and O–H groups in total. The van der Waals surface area contributed by atoms with Gasteiger partial charge in [-0.25, -0.2) is 0 Å². The first-order chi connectivity index (χ1) is 33.0. The third-order valence-electron chi connectivity index (χ3n) is 13.5. The molecule has 0 aliphatic carbocycles. The van der Waals surface area contributed by atoms with Crippen LogP contribution in [0.3, 0.4) is 0 Å². The number of hydrogen-bond donors (Lipinski definition) is 4. The summed E-state index contributed by atoms with van der Waals surface area (Å²) >= 11 is 0. The fourth-order valence-electron chi connectivity index (χ4n) is 8.99. The first kappa shape index (κ1) is 65.0. The molecule has 1 amide bonds. The van der Waals surface area contributed by atoms with Crippen LogP contribution < -0.4 is 5.32 Å². The number of unbranched alkanes of at least 4 members (excludes halogenated alkanes) is 37. The van der Waals surface area contributed by atoms with Crippen LogP contribution in [-0.2, 0) is 4.79 Å². The van der Waals surface area contributed by atoms with E-state index in [1.54, 1.807) is 6.08 Å². The Morgan fingerprint density at radius 1 is 0.388 bits per heavy atom. The molecule has 0 bridgehead atoms. The van der Waals surface area contributed by atoms with Crippen molar-refractivity contribution in [2.24, 2.45) is 0 Å². The summed E-state index contributed by atoms with van der Waals surface area (Å²) < 4.78 is 0.